The summed E-state index contributed by atoms with van der Waals surface area (Å²) in [6.07, 6.45) is -8.99. The molecule has 0 saturated carbocycles. The van der Waals surface area contributed by atoms with Crippen LogP contribution in [-0.4, -0.2) is 75.0 Å². The molecule has 0 spiro atoms. The minimum Gasteiger partial charge on any atom is -0.394 e. The summed E-state index contributed by atoms with van der Waals surface area (Å²) >= 11 is 7.53. The Hall–Kier alpha value is -3.47. The summed E-state index contributed by atoms with van der Waals surface area (Å²) in [5.41, 5.74) is 2.14. The van der Waals surface area contributed by atoms with Gasteiger partial charge in [0.25, 0.3) is 0 Å². The third-order valence-corrected chi connectivity index (χ3v) is 7.87. The number of aromatic nitrogens is 7. The van der Waals surface area contributed by atoms with E-state index < -0.39 is 54.5 Å². The highest BCUT2D eigenvalue weighted by Crippen LogP contribution is 2.41. The Morgan fingerprint density at radius 1 is 1.12 bits per heavy atom. The lowest BCUT2D eigenvalue weighted by Gasteiger charge is -2.41. The van der Waals surface area contributed by atoms with Gasteiger partial charge < -0.3 is 20.1 Å². The molecule has 214 valence electrons. The number of rotatable bonds is 5. The number of ether oxygens (including phenoxy) is 1. The molecule has 0 bridgehead atoms. The molecule has 1 aliphatic heterocycles. The third-order valence-electron chi connectivity index (χ3n) is 6.82. The fourth-order valence-corrected chi connectivity index (χ4v) is 5.74. The van der Waals surface area contributed by atoms with Gasteiger partial charge in [-0.05, 0) is 37.3 Å². The highest BCUT2D eigenvalue weighted by Gasteiger charge is 2.49. The predicted molar refractivity (Wildman–Crippen MR) is 140 cm³/mol. The Balaban J connectivity index is 1.41. The van der Waals surface area contributed by atoms with E-state index in [1.807, 2.05) is 18.2 Å². The van der Waals surface area contributed by atoms with E-state index in [0.717, 1.165) is 33.1 Å². The van der Waals surface area contributed by atoms with E-state index in [9.17, 15) is 28.5 Å². The molecule has 16 heteroatoms. The Morgan fingerprint density at radius 2 is 1.93 bits per heavy atom. The lowest BCUT2D eigenvalue weighted by atomic mass is 9.92. The van der Waals surface area contributed by atoms with Crippen LogP contribution in [0.25, 0.3) is 27.2 Å². The third kappa shape index (κ3) is 4.98. The quantitative estimate of drug-likeness (QED) is 0.273. The molecule has 11 nitrogen and oxygen atoms in total. The molecule has 1 aliphatic rings. The van der Waals surface area contributed by atoms with Crippen molar-refractivity contribution in [1.29, 1.82) is 0 Å². The molecule has 41 heavy (non-hydrogen) atoms. The van der Waals surface area contributed by atoms with Gasteiger partial charge in [0.2, 0.25) is 0 Å². The van der Waals surface area contributed by atoms with Crippen LogP contribution in [0, 0.1) is 6.92 Å². The summed E-state index contributed by atoms with van der Waals surface area (Å²) in [6, 6.07) is 7.32. The van der Waals surface area contributed by atoms with Crippen LogP contribution >= 0.6 is 22.9 Å². The standard InChI is InChI=1S/C25H21ClF3N7O4S/c1-11-31-24(36(33-11)17-7-13(26)3-4-14(17)25(27,28)29)23-22(39)20(21(38)18(9-37)40-23)35-8-16(32-34-35)12-2-5-19-15(6-12)30-10-41-19/h2-8,10,18,20-23,37-39H,9H2,1H3/t18-,20+,21+,22-,23-/m1/s1. The molecule has 4 heterocycles. The van der Waals surface area contributed by atoms with Crippen LogP contribution in [0.4, 0.5) is 13.2 Å². The Bertz CT molecular complexity index is 1720. The maximum absolute atomic E-state index is 13.9. The summed E-state index contributed by atoms with van der Waals surface area (Å²) in [5, 5.41) is 44.9. The van der Waals surface area contributed by atoms with Gasteiger partial charge in [0, 0.05) is 10.6 Å². The Labute approximate surface area is 238 Å². The van der Waals surface area contributed by atoms with Crippen LogP contribution in [0.2, 0.25) is 5.02 Å². The molecule has 0 amide bonds. The van der Waals surface area contributed by atoms with Gasteiger partial charge in [0.15, 0.2) is 5.82 Å². The molecule has 6 rings (SSSR count). The normalized spacial score (nSPS) is 23.4. The van der Waals surface area contributed by atoms with Crippen molar-refractivity contribution in [2.45, 2.75) is 43.6 Å². The summed E-state index contributed by atoms with van der Waals surface area (Å²) < 4.78 is 50.7. The number of aliphatic hydroxyl groups excluding tert-OH is 3. The Kier molecular flexibility index (Phi) is 7.04. The van der Waals surface area contributed by atoms with Crippen molar-refractivity contribution in [2.24, 2.45) is 0 Å². The largest absolute Gasteiger partial charge is 0.418 e. The van der Waals surface area contributed by atoms with Crippen molar-refractivity contribution >= 4 is 33.2 Å². The second-order valence-electron chi connectivity index (χ2n) is 9.46. The van der Waals surface area contributed by atoms with Crippen LogP contribution in [0.15, 0.2) is 48.1 Å². The van der Waals surface area contributed by atoms with E-state index in [1.165, 1.54) is 29.1 Å². The highest BCUT2D eigenvalue weighted by atomic mass is 35.5. The van der Waals surface area contributed by atoms with Crippen molar-refractivity contribution in [2.75, 3.05) is 6.61 Å². The molecule has 0 radical (unpaired) electrons. The fraction of sp³-hybridized carbons (Fsp3) is 0.320. The second kappa shape index (κ2) is 10.4. The van der Waals surface area contributed by atoms with E-state index in [1.54, 1.807) is 5.51 Å². The summed E-state index contributed by atoms with van der Waals surface area (Å²) in [5.74, 6) is -0.0972. The minimum atomic E-state index is -4.76. The number of alkyl halides is 3. The van der Waals surface area contributed by atoms with E-state index in [0.29, 0.717) is 11.3 Å². The molecule has 3 N–H and O–H groups in total. The molecule has 0 unspecified atom stereocenters. The Morgan fingerprint density at radius 3 is 2.68 bits per heavy atom. The van der Waals surface area contributed by atoms with Gasteiger partial charge in [-0.2, -0.15) is 18.3 Å². The van der Waals surface area contributed by atoms with Gasteiger partial charge in [-0.25, -0.2) is 19.3 Å². The molecule has 1 fully saturated rings. The van der Waals surface area contributed by atoms with Crippen molar-refractivity contribution < 1.29 is 33.2 Å². The molecule has 5 aromatic rings. The molecule has 5 atom stereocenters. The number of aliphatic hydroxyl groups is 3. The first-order chi connectivity index (χ1) is 19.5. The molecule has 3 aromatic heterocycles. The van der Waals surface area contributed by atoms with Gasteiger partial charge in [-0.3, -0.25) is 0 Å². The smallest absolute Gasteiger partial charge is 0.394 e. The summed E-state index contributed by atoms with van der Waals surface area (Å²) in [6.45, 7) is 0.798. The SMILES string of the molecule is Cc1nc([C@@H]2O[C@H](CO)[C@H](O)[C@H](n3cc(-c4ccc5scnc5c4)nn3)[C@H]2O)n(-c2cc(Cl)ccc2C(F)(F)F)n1. The molecule has 2 aromatic carbocycles. The van der Waals surface area contributed by atoms with Crippen LogP contribution < -0.4 is 0 Å². The fourth-order valence-electron chi connectivity index (χ4n) is 4.91. The maximum atomic E-state index is 13.9. The van der Waals surface area contributed by atoms with E-state index >= 15 is 0 Å². The van der Waals surface area contributed by atoms with Crippen LogP contribution in [0.3, 0.4) is 0 Å². The monoisotopic (exact) mass is 607 g/mol. The topological polar surface area (TPSA) is 144 Å². The van der Waals surface area contributed by atoms with Crippen LogP contribution in [0.5, 0.6) is 0 Å². The van der Waals surface area contributed by atoms with Gasteiger partial charge >= 0.3 is 6.18 Å². The van der Waals surface area contributed by atoms with E-state index in [4.69, 9.17) is 16.3 Å². The van der Waals surface area contributed by atoms with Crippen molar-refractivity contribution in [3.8, 4) is 16.9 Å². The first-order valence-corrected chi connectivity index (χ1v) is 13.5. The molecule has 0 aliphatic carbocycles. The number of hydrogen-bond acceptors (Lipinski definition) is 10. The zero-order valence-electron chi connectivity index (χ0n) is 21.0. The first kappa shape index (κ1) is 27.7. The second-order valence-corrected chi connectivity index (χ2v) is 10.8. The minimum absolute atomic E-state index is 0.0183. The van der Waals surface area contributed by atoms with Crippen LogP contribution in [0.1, 0.15) is 29.4 Å². The van der Waals surface area contributed by atoms with Crippen molar-refractivity contribution in [1.82, 2.24) is 34.7 Å². The number of thiazole rings is 1. The first-order valence-electron chi connectivity index (χ1n) is 12.2. The van der Waals surface area contributed by atoms with E-state index in [2.05, 4.69) is 25.4 Å². The van der Waals surface area contributed by atoms with Crippen molar-refractivity contribution in [3.63, 3.8) is 0 Å². The van der Waals surface area contributed by atoms with E-state index in [-0.39, 0.29) is 16.7 Å². The highest BCUT2D eigenvalue weighted by molar-refractivity contribution is 7.16. The molecule has 1 saturated heterocycles. The lowest BCUT2D eigenvalue weighted by molar-refractivity contribution is -0.210. The number of nitrogens with zero attached hydrogens (tertiary/aromatic N) is 7. The summed E-state index contributed by atoms with van der Waals surface area (Å²) in [4.78, 5) is 8.55. The van der Waals surface area contributed by atoms with Crippen molar-refractivity contribution in [3.05, 3.63) is 70.3 Å². The average Bonchev–Trinajstić information content (AvgIpc) is 3.67. The number of hydrogen-bond donors (Lipinski definition) is 3. The number of benzene rings is 2. The predicted octanol–water partition coefficient (Wildman–Crippen LogP) is 3.51. The molecular formula is C25H21ClF3N7O4S. The lowest BCUT2D eigenvalue weighted by Crippen LogP contribution is -2.53. The number of fused-ring (bicyclic) bond motifs is 1. The van der Waals surface area contributed by atoms with Gasteiger partial charge in [0.05, 0.1) is 39.8 Å². The average molecular weight is 608 g/mol. The maximum Gasteiger partial charge on any atom is 0.418 e. The zero-order chi connectivity index (χ0) is 29.1. The summed E-state index contributed by atoms with van der Waals surface area (Å²) in [7, 11) is 0. The zero-order valence-corrected chi connectivity index (χ0v) is 22.6. The van der Waals surface area contributed by atoms with Crippen LogP contribution in [-0.2, 0) is 10.9 Å². The number of aryl methyl sites for hydroxylation is 1. The van der Waals surface area contributed by atoms with Gasteiger partial charge in [-0.15, -0.1) is 16.4 Å². The number of halogens is 4. The van der Waals surface area contributed by atoms with Gasteiger partial charge in [0.1, 0.15) is 42.0 Å². The molecular weight excluding hydrogens is 587 g/mol. The van der Waals surface area contributed by atoms with Gasteiger partial charge in [-0.1, -0.05) is 22.9 Å².